The van der Waals surface area contributed by atoms with Gasteiger partial charge < -0.3 is 10.2 Å². The first-order valence-electron chi connectivity index (χ1n) is 8.54. The number of sulfonamides is 1. The van der Waals surface area contributed by atoms with Crippen molar-refractivity contribution in [3.8, 4) is 5.75 Å². The Balaban J connectivity index is 1.82. The molecule has 0 saturated carbocycles. The number of ether oxygens (including phenoxy) is 1. The third kappa shape index (κ3) is 3.44. The van der Waals surface area contributed by atoms with Crippen molar-refractivity contribution in [3.63, 3.8) is 0 Å². The molecule has 1 aliphatic heterocycles. The summed E-state index contributed by atoms with van der Waals surface area (Å²) in [6.45, 7) is 0. The predicted molar refractivity (Wildman–Crippen MR) is 110 cm³/mol. The number of methoxy groups -OCH3 is 1. The number of aromatic nitrogens is 1. The molecule has 0 bridgehead atoms. The maximum absolute atomic E-state index is 12.4. The van der Waals surface area contributed by atoms with Gasteiger partial charge in [-0.1, -0.05) is 29.8 Å². The van der Waals surface area contributed by atoms with E-state index in [9.17, 15) is 8.42 Å². The maximum Gasteiger partial charge on any atom is 0.228 e. The SMILES string of the molecule is COc1ccc(C2=C[C@@H](c3cc4ccccc4nc3Cl)N(S(C)(=O)=O)N2)cc1. The summed E-state index contributed by atoms with van der Waals surface area (Å²) in [6, 6.07) is 16.2. The second kappa shape index (κ2) is 7.09. The predicted octanol–water partition coefficient (Wildman–Crippen LogP) is 3.76. The minimum absolute atomic E-state index is 0.270. The molecular formula is C20H18ClN3O3S. The zero-order chi connectivity index (χ0) is 19.9. The Kier molecular flexibility index (Phi) is 4.74. The summed E-state index contributed by atoms with van der Waals surface area (Å²) >= 11 is 6.43. The normalized spacial score (nSPS) is 17.4. The van der Waals surface area contributed by atoms with Crippen molar-refractivity contribution in [1.29, 1.82) is 0 Å². The van der Waals surface area contributed by atoms with Crippen LogP contribution in [0.1, 0.15) is 17.2 Å². The van der Waals surface area contributed by atoms with Gasteiger partial charge in [0.2, 0.25) is 10.0 Å². The molecule has 6 nitrogen and oxygen atoms in total. The van der Waals surface area contributed by atoms with E-state index < -0.39 is 16.1 Å². The first kappa shape index (κ1) is 18.7. The van der Waals surface area contributed by atoms with E-state index in [0.29, 0.717) is 11.3 Å². The van der Waals surface area contributed by atoms with Crippen molar-refractivity contribution in [1.82, 2.24) is 14.8 Å². The second-order valence-corrected chi connectivity index (χ2v) is 8.70. The van der Waals surface area contributed by atoms with Gasteiger partial charge in [-0.3, -0.25) is 0 Å². The van der Waals surface area contributed by atoms with Gasteiger partial charge in [0.15, 0.2) is 0 Å². The van der Waals surface area contributed by atoms with E-state index in [-0.39, 0.29) is 5.15 Å². The van der Waals surface area contributed by atoms with Gasteiger partial charge in [0.05, 0.1) is 30.6 Å². The molecule has 2 aromatic carbocycles. The van der Waals surface area contributed by atoms with Gasteiger partial charge in [0.25, 0.3) is 0 Å². The number of para-hydroxylation sites is 1. The van der Waals surface area contributed by atoms with E-state index in [1.807, 2.05) is 60.7 Å². The average Bonchev–Trinajstić information content (AvgIpc) is 3.13. The molecule has 1 aromatic heterocycles. The van der Waals surface area contributed by atoms with Crippen molar-refractivity contribution in [2.24, 2.45) is 0 Å². The number of halogens is 1. The number of hydrogen-bond donors (Lipinski definition) is 1. The molecular weight excluding hydrogens is 398 g/mol. The summed E-state index contributed by atoms with van der Waals surface area (Å²) in [5.41, 5.74) is 5.86. The van der Waals surface area contributed by atoms with Gasteiger partial charge in [-0.2, -0.15) is 0 Å². The van der Waals surface area contributed by atoms with Crippen molar-refractivity contribution in [2.45, 2.75) is 6.04 Å². The molecule has 0 unspecified atom stereocenters. The van der Waals surface area contributed by atoms with Crippen molar-refractivity contribution in [2.75, 3.05) is 13.4 Å². The molecule has 1 atom stereocenters. The summed E-state index contributed by atoms with van der Waals surface area (Å²) in [5.74, 6) is 0.723. The zero-order valence-corrected chi connectivity index (χ0v) is 16.8. The summed E-state index contributed by atoms with van der Waals surface area (Å²) < 4.78 is 31.2. The summed E-state index contributed by atoms with van der Waals surface area (Å²) in [6.07, 6.45) is 2.99. The fraction of sp³-hybridized carbons (Fsp3) is 0.150. The lowest BCUT2D eigenvalue weighted by Gasteiger charge is -2.23. The maximum atomic E-state index is 12.4. The van der Waals surface area contributed by atoms with Gasteiger partial charge >= 0.3 is 0 Å². The Morgan fingerprint density at radius 1 is 1.14 bits per heavy atom. The standard InChI is InChI=1S/C20H18ClN3O3S/c1-27-15-9-7-13(8-10-15)18-12-19(24(23-18)28(2,25)26)16-11-14-5-3-4-6-17(14)22-20(16)21/h3-12,19,23H,1-2H3/t19-/m0/s1. The van der Waals surface area contributed by atoms with E-state index in [0.717, 1.165) is 28.5 Å². The number of fused-ring (bicyclic) bond motifs is 1. The molecule has 0 saturated heterocycles. The van der Waals surface area contributed by atoms with Crippen LogP contribution in [0.3, 0.4) is 0 Å². The Hall–Kier alpha value is -2.61. The molecule has 28 heavy (non-hydrogen) atoms. The number of benzene rings is 2. The van der Waals surface area contributed by atoms with Gasteiger partial charge in [-0.05, 0) is 48.0 Å². The van der Waals surface area contributed by atoms with Crippen LogP contribution >= 0.6 is 11.6 Å². The van der Waals surface area contributed by atoms with Crippen LogP contribution < -0.4 is 10.2 Å². The molecule has 3 aromatic rings. The Bertz CT molecular complexity index is 1180. The van der Waals surface area contributed by atoms with Gasteiger partial charge in [0.1, 0.15) is 10.9 Å². The van der Waals surface area contributed by atoms with Crippen LogP contribution in [0.15, 0.2) is 60.7 Å². The van der Waals surface area contributed by atoms with Gasteiger partial charge in [-0.15, -0.1) is 4.41 Å². The molecule has 1 N–H and O–H groups in total. The number of nitrogens with one attached hydrogen (secondary N) is 1. The van der Waals surface area contributed by atoms with Crippen LogP contribution in [0.5, 0.6) is 5.75 Å². The number of nitrogens with zero attached hydrogens (tertiary/aromatic N) is 2. The fourth-order valence-corrected chi connectivity index (χ4v) is 4.31. The molecule has 0 spiro atoms. The molecule has 144 valence electrons. The molecule has 2 heterocycles. The number of hydrogen-bond acceptors (Lipinski definition) is 5. The molecule has 0 fully saturated rings. The van der Waals surface area contributed by atoms with Crippen LogP contribution in [-0.2, 0) is 10.0 Å². The Morgan fingerprint density at radius 3 is 2.54 bits per heavy atom. The molecule has 1 aliphatic rings. The smallest absolute Gasteiger partial charge is 0.228 e. The number of rotatable bonds is 4. The molecule has 0 amide bonds. The molecule has 0 aliphatic carbocycles. The second-order valence-electron chi connectivity index (χ2n) is 6.49. The Morgan fingerprint density at radius 2 is 1.86 bits per heavy atom. The fourth-order valence-electron chi connectivity index (χ4n) is 3.20. The minimum Gasteiger partial charge on any atom is -0.497 e. The topological polar surface area (TPSA) is 71.5 Å². The zero-order valence-electron chi connectivity index (χ0n) is 15.3. The lowest BCUT2D eigenvalue weighted by molar-refractivity contribution is 0.351. The van der Waals surface area contributed by atoms with Crippen molar-refractivity contribution >= 4 is 38.2 Å². The quantitative estimate of drug-likeness (QED) is 0.657. The largest absolute Gasteiger partial charge is 0.497 e. The third-order valence-electron chi connectivity index (χ3n) is 4.59. The highest BCUT2D eigenvalue weighted by Gasteiger charge is 2.35. The van der Waals surface area contributed by atoms with Crippen LogP contribution in [0.2, 0.25) is 5.15 Å². The van der Waals surface area contributed by atoms with Gasteiger partial charge in [0, 0.05) is 10.9 Å². The minimum atomic E-state index is -3.56. The van der Waals surface area contributed by atoms with E-state index in [1.54, 1.807) is 7.11 Å². The number of pyridine rings is 1. The van der Waals surface area contributed by atoms with Crippen LogP contribution in [0, 0.1) is 0 Å². The Labute approximate surface area is 168 Å². The van der Waals surface area contributed by atoms with Crippen molar-refractivity contribution in [3.05, 3.63) is 77.0 Å². The van der Waals surface area contributed by atoms with Crippen LogP contribution in [0.25, 0.3) is 16.6 Å². The summed E-state index contributed by atoms with van der Waals surface area (Å²) in [5, 5.41) is 1.16. The highest BCUT2D eigenvalue weighted by molar-refractivity contribution is 7.88. The summed E-state index contributed by atoms with van der Waals surface area (Å²) in [7, 11) is -1.97. The number of hydrazine groups is 1. The van der Waals surface area contributed by atoms with E-state index in [1.165, 1.54) is 4.41 Å². The van der Waals surface area contributed by atoms with Crippen molar-refractivity contribution < 1.29 is 13.2 Å². The monoisotopic (exact) mass is 415 g/mol. The lowest BCUT2D eigenvalue weighted by atomic mass is 10.0. The average molecular weight is 416 g/mol. The van der Waals surface area contributed by atoms with Gasteiger partial charge in [-0.25, -0.2) is 13.4 Å². The van der Waals surface area contributed by atoms with E-state index >= 15 is 0 Å². The third-order valence-corrected chi connectivity index (χ3v) is 5.93. The van der Waals surface area contributed by atoms with E-state index in [2.05, 4.69) is 10.4 Å². The summed E-state index contributed by atoms with van der Waals surface area (Å²) in [4.78, 5) is 4.43. The molecule has 0 radical (unpaired) electrons. The first-order chi connectivity index (χ1) is 13.4. The van der Waals surface area contributed by atoms with Crippen LogP contribution in [0.4, 0.5) is 0 Å². The molecule has 4 rings (SSSR count). The van der Waals surface area contributed by atoms with Crippen LogP contribution in [-0.4, -0.2) is 31.2 Å². The highest BCUT2D eigenvalue weighted by Crippen LogP contribution is 2.37. The first-order valence-corrected chi connectivity index (χ1v) is 10.8. The highest BCUT2D eigenvalue weighted by atomic mass is 35.5. The lowest BCUT2D eigenvalue weighted by Crippen LogP contribution is -2.38. The van der Waals surface area contributed by atoms with E-state index in [4.69, 9.17) is 16.3 Å². The molecule has 8 heteroatoms.